The van der Waals surface area contributed by atoms with Gasteiger partial charge in [0.15, 0.2) is 0 Å². The number of hydrogen-bond donors (Lipinski definition) is 0. The summed E-state index contributed by atoms with van der Waals surface area (Å²) in [4.78, 5) is 25.1. The standard InChI is InChI=1S/C9H10N2O3/c1-6(12)3-7-4-9(14-2)10-5-8(7)11-13/h4-5H,3H2,1-2H3. The lowest BCUT2D eigenvalue weighted by Crippen LogP contribution is -1.98. The van der Waals surface area contributed by atoms with Gasteiger partial charge in [0, 0.05) is 12.5 Å². The number of pyridine rings is 1. The Bertz CT molecular complexity index is 363. The van der Waals surface area contributed by atoms with Gasteiger partial charge in [0.05, 0.1) is 13.3 Å². The Morgan fingerprint density at radius 1 is 1.64 bits per heavy atom. The van der Waals surface area contributed by atoms with Crippen LogP contribution in [-0.4, -0.2) is 17.9 Å². The van der Waals surface area contributed by atoms with Crippen LogP contribution in [-0.2, 0) is 11.2 Å². The number of Topliss-reactive ketones (excluding diaryl/α,β-unsaturated/α-hetero) is 1. The highest BCUT2D eigenvalue weighted by Crippen LogP contribution is 2.22. The van der Waals surface area contributed by atoms with Crippen LogP contribution in [0.5, 0.6) is 5.88 Å². The van der Waals surface area contributed by atoms with Crippen molar-refractivity contribution in [1.82, 2.24) is 4.98 Å². The topological polar surface area (TPSA) is 68.6 Å². The van der Waals surface area contributed by atoms with Gasteiger partial charge in [-0.25, -0.2) is 4.98 Å². The van der Waals surface area contributed by atoms with E-state index < -0.39 is 0 Å². The van der Waals surface area contributed by atoms with E-state index in [1.165, 1.54) is 26.3 Å². The van der Waals surface area contributed by atoms with Crippen molar-refractivity contribution in [3.63, 3.8) is 0 Å². The Labute approximate surface area is 81.1 Å². The number of carbonyl (C=O) groups is 1. The minimum Gasteiger partial charge on any atom is -0.481 e. The molecule has 5 heteroatoms. The minimum absolute atomic E-state index is 0.0387. The number of nitrogens with zero attached hydrogens (tertiary/aromatic N) is 2. The zero-order valence-corrected chi connectivity index (χ0v) is 7.98. The molecule has 0 aliphatic heterocycles. The van der Waals surface area contributed by atoms with Crippen molar-refractivity contribution in [3.8, 4) is 5.88 Å². The Morgan fingerprint density at radius 3 is 2.86 bits per heavy atom. The van der Waals surface area contributed by atoms with Gasteiger partial charge in [-0.05, 0) is 17.7 Å². The number of nitroso groups, excluding NO2 is 1. The Morgan fingerprint density at radius 2 is 2.36 bits per heavy atom. The zero-order chi connectivity index (χ0) is 10.6. The summed E-state index contributed by atoms with van der Waals surface area (Å²) in [6.45, 7) is 1.45. The first kappa shape index (κ1) is 10.3. The molecule has 0 amide bonds. The first-order valence-corrected chi connectivity index (χ1v) is 4.03. The van der Waals surface area contributed by atoms with Crippen LogP contribution in [0.25, 0.3) is 0 Å². The SMILES string of the molecule is COc1cc(CC(C)=O)c(N=O)cn1. The van der Waals surface area contributed by atoms with Gasteiger partial charge in [-0.2, -0.15) is 0 Å². The maximum Gasteiger partial charge on any atom is 0.213 e. The van der Waals surface area contributed by atoms with E-state index in [9.17, 15) is 9.70 Å². The van der Waals surface area contributed by atoms with Gasteiger partial charge in [0.25, 0.3) is 0 Å². The minimum atomic E-state index is -0.0387. The zero-order valence-electron chi connectivity index (χ0n) is 7.98. The number of methoxy groups -OCH3 is 1. The van der Waals surface area contributed by atoms with Crippen molar-refractivity contribution < 1.29 is 9.53 Å². The predicted molar refractivity (Wildman–Crippen MR) is 50.6 cm³/mol. The highest BCUT2D eigenvalue weighted by atomic mass is 16.5. The second-order valence-corrected chi connectivity index (χ2v) is 2.83. The maximum atomic E-state index is 10.9. The normalized spacial score (nSPS) is 9.57. The van der Waals surface area contributed by atoms with Crippen LogP contribution in [0.3, 0.4) is 0 Å². The van der Waals surface area contributed by atoms with E-state index in [4.69, 9.17) is 4.74 Å². The number of carbonyl (C=O) groups excluding carboxylic acids is 1. The molecule has 1 rings (SSSR count). The molecule has 0 fully saturated rings. The van der Waals surface area contributed by atoms with E-state index >= 15 is 0 Å². The van der Waals surface area contributed by atoms with E-state index in [1.807, 2.05) is 0 Å². The molecule has 0 bridgehead atoms. The number of aromatic nitrogens is 1. The maximum absolute atomic E-state index is 10.9. The molecular formula is C9H10N2O3. The quantitative estimate of drug-likeness (QED) is 0.683. The molecule has 5 nitrogen and oxygen atoms in total. The van der Waals surface area contributed by atoms with E-state index in [0.717, 1.165) is 0 Å². The summed E-state index contributed by atoms with van der Waals surface area (Å²) in [6, 6.07) is 1.54. The lowest BCUT2D eigenvalue weighted by Gasteiger charge is -2.03. The summed E-state index contributed by atoms with van der Waals surface area (Å²) < 4.78 is 4.87. The molecule has 74 valence electrons. The molecule has 1 heterocycles. The van der Waals surface area contributed by atoms with Gasteiger partial charge < -0.3 is 4.74 Å². The van der Waals surface area contributed by atoms with Crippen molar-refractivity contribution in [2.24, 2.45) is 5.18 Å². The van der Waals surface area contributed by atoms with Gasteiger partial charge in [0.2, 0.25) is 5.88 Å². The van der Waals surface area contributed by atoms with Crippen molar-refractivity contribution in [2.75, 3.05) is 7.11 Å². The molecule has 0 radical (unpaired) electrons. The Kier molecular flexibility index (Phi) is 3.28. The lowest BCUT2D eigenvalue weighted by atomic mass is 10.1. The molecular weight excluding hydrogens is 184 g/mol. The molecule has 0 aromatic carbocycles. The van der Waals surface area contributed by atoms with Crippen LogP contribution in [0.1, 0.15) is 12.5 Å². The summed E-state index contributed by atoms with van der Waals surface area (Å²) in [5.41, 5.74) is 0.723. The average molecular weight is 194 g/mol. The first-order valence-electron chi connectivity index (χ1n) is 4.03. The van der Waals surface area contributed by atoms with Crippen LogP contribution >= 0.6 is 0 Å². The fraction of sp³-hybridized carbons (Fsp3) is 0.333. The second-order valence-electron chi connectivity index (χ2n) is 2.83. The fourth-order valence-electron chi connectivity index (χ4n) is 1.07. The third-order valence-electron chi connectivity index (χ3n) is 1.69. The molecule has 0 N–H and O–H groups in total. The summed E-state index contributed by atoms with van der Waals surface area (Å²) in [5, 5.41) is 2.78. The Hall–Kier alpha value is -1.78. The smallest absolute Gasteiger partial charge is 0.213 e. The first-order chi connectivity index (χ1) is 6.67. The monoisotopic (exact) mass is 194 g/mol. The molecule has 1 aromatic heterocycles. The predicted octanol–water partition coefficient (Wildman–Crippen LogP) is 1.62. The summed E-state index contributed by atoms with van der Waals surface area (Å²) in [7, 11) is 1.47. The summed E-state index contributed by atoms with van der Waals surface area (Å²) in [5.74, 6) is 0.330. The van der Waals surface area contributed by atoms with Gasteiger partial charge in [0.1, 0.15) is 11.5 Å². The van der Waals surface area contributed by atoms with Crippen LogP contribution < -0.4 is 4.74 Å². The Balaban J connectivity index is 3.07. The molecule has 0 saturated carbocycles. The van der Waals surface area contributed by atoms with Crippen molar-refractivity contribution in [1.29, 1.82) is 0 Å². The van der Waals surface area contributed by atoms with Crippen LogP contribution in [0, 0.1) is 4.91 Å². The third kappa shape index (κ3) is 2.35. The molecule has 0 spiro atoms. The summed E-state index contributed by atoms with van der Waals surface area (Å²) in [6.07, 6.45) is 1.46. The van der Waals surface area contributed by atoms with Crippen molar-refractivity contribution in [2.45, 2.75) is 13.3 Å². The molecule has 1 aromatic rings. The van der Waals surface area contributed by atoms with Crippen LogP contribution in [0.4, 0.5) is 5.69 Å². The molecule has 0 saturated heterocycles. The lowest BCUT2D eigenvalue weighted by molar-refractivity contribution is -0.116. The van der Waals surface area contributed by atoms with E-state index in [1.54, 1.807) is 0 Å². The highest BCUT2D eigenvalue weighted by Gasteiger charge is 2.08. The second kappa shape index (κ2) is 4.45. The van der Waals surface area contributed by atoms with Gasteiger partial charge >= 0.3 is 0 Å². The average Bonchev–Trinajstić information content (AvgIpc) is 2.16. The summed E-state index contributed by atoms with van der Waals surface area (Å²) >= 11 is 0. The largest absolute Gasteiger partial charge is 0.481 e. The van der Waals surface area contributed by atoms with Crippen LogP contribution in [0.15, 0.2) is 17.4 Å². The van der Waals surface area contributed by atoms with Gasteiger partial charge in [-0.15, -0.1) is 4.91 Å². The third-order valence-corrected chi connectivity index (χ3v) is 1.69. The number of hydrogen-bond acceptors (Lipinski definition) is 5. The highest BCUT2D eigenvalue weighted by molar-refractivity contribution is 5.79. The molecule has 0 aliphatic rings. The molecule has 0 unspecified atom stereocenters. The fourth-order valence-corrected chi connectivity index (χ4v) is 1.07. The van der Waals surface area contributed by atoms with Gasteiger partial charge in [-0.3, -0.25) is 4.79 Å². The van der Waals surface area contributed by atoms with E-state index in [2.05, 4.69) is 10.2 Å². The van der Waals surface area contributed by atoms with E-state index in [-0.39, 0.29) is 17.9 Å². The van der Waals surface area contributed by atoms with Crippen LogP contribution in [0.2, 0.25) is 0 Å². The van der Waals surface area contributed by atoms with E-state index in [0.29, 0.717) is 11.4 Å². The molecule has 14 heavy (non-hydrogen) atoms. The molecule has 0 atom stereocenters. The number of ketones is 1. The molecule has 0 aliphatic carbocycles. The van der Waals surface area contributed by atoms with Crippen molar-refractivity contribution in [3.05, 3.63) is 22.7 Å². The van der Waals surface area contributed by atoms with Gasteiger partial charge in [-0.1, -0.05) is 0 Å². The number of rotatable bonds is 4. The number of ether oxygens (including phenoxy) is 1. The van der Waals surface area contributed by atoms with Crippen molar-refractivity contribution >= 4 is 11.5 Å².